The van der Waals surface area contributed by atoms with E-state index in [2.05, 4.69) is 10.3 Å². The minimum Gasteiger partial charge on any atom is -0.478 e. The molecule has 1 aromatic heterocycles. The Hall–Kier alpha value is -2.56. The highest BCUT2D eigenvalue weighted by Gasteiger charge is 2.09. The molecule has 0 bridgehead atoms. The number of fused-ring (bicyclic) bond motifs is 1. The SMILES string of the molecule is CC(=O)NCCC=Cc1ccc2[nH]cc(C(=O)O)c2c1. The van der Waals surface area contributed by atoms with E-state index in [-0.39, 0.29) is 11.5 Å². The molecule has 0 atom stereocenters. The predicted octanol–water partition coefficient (Wildman–Crippen LogP) is 2.41. The number of hydrogen-bond acceptors (Lipinski definition) is 2. The van der Waals surface area contributed by atoms with Crippen molar-refractivity contribution >= 4 is 28.9 Å². The number of carbonyl (C=O) groups excluding carboxylic acids is 1. The van der Waals surface area contributed by atoms with Gasteiger partial charge < -0.3 is 15.4 Å². The van der Waals surface area contributed by atoms with Crippen molar-refractivity contribution in [3.05, 3.63) is 41.6 Å². The second-order valence-corrected chi connectivity index (χ2v) is 4.49. The lowest BCUT2D eigenvalue weighted by molar-refractivity contribution is -0.118. The number of aromatic carboxylic acids is 1. The van der Waals surface area contributed by atoms with Gasteiger partial charge >= 0.3 is 5.97 Å². The summed E-state index contributed by atoms with van der Waals surface area (Å²) < 4.78 is 0. The Morgan fingerprint density at radius 3 is 2.90 bits per heavy atom. The van der Waals surface area contributed by atoms with E-state index in [1.165, 1.54) is 13.1 Å². The fraction of sp³-hybridized carbons (Fsp3) is 0.200. The summed E-state index contributed by atoms with van der Waals surface area (Å²) in [5.74, 6) is -0.985. The molecule has 2 rings (SSSR count). The molecule has 3 N–H and O–H groups in total. The molecule has 20 heavy (non-hydrogen) atoms. The van der Waals surface area contributed by atoms with Crippen LogP contribution in [0, 0.1) is 0 Å². The predicted molar refractivity (Wildman–Crippen MR) is 77.6 cm³/mol. The standard InChI is InChI=1S/C15H16N2O3/c1-10(18)16-7-3-2-4-11-5-6-14-12(8-11)13(9-17-14)15(19)20/h2,4-6,8-9,17H,3,7H2,1H3,(H,16,18)(H,19,20). The average molecular weight is 272 g/mol. The number of hydrogen-bond donors (Lipinski definition) is 3. The zero-order chi connectivity index (χ0) is 14.5. The van der Waals surface area contributed by atoms with Gasteiger partial charge in [0.25, 0.3) is 0 Å². The molecule has 0 unspecified atom stereocenters. The fourth-order valence-electron chi connectivity index (χ4n) is 1.97. The third kappa shape index (κ3) is 3.26. The number of aromatic nitrogens is 1. The summed E-state index contributed by atoms with van der Waals surface area (Å²) in [4.78, 5) is 24.7. The third-order valence-corrected chi connectivity index (χ3v) is 2.93. The first-order valence-electron chi connectivity index (χ1n) is 6.33. The molecule has 0 saturated carbocycles. The van der Waals surface area contributed by atoms with Crippen LogP contribution >= 0.6 is 0 Å². The Kier molecular flexibility index (Phi) is 4.20. The lowest BCUT2D eigenvalue weighted by Crippen LogP contribution is -2.20. The molecule has 1 heterocycles. The summed E-state index contributed by atoms with van der Waals surface area (Å²) in [7, 11) is 0. The molecule has 0 radical (unpaired) electrons. The molecule has 0 saturated heterocycles. The van der Waals surface area contributed by atoms with E-state index in [0.29, 0.717) is 11.9 Å². The van der Waals surface area contributed by atoms with Gasteiger partial charge in [-0.05, 0) is 24.1 Å². The van der Waals surface area contributed by atoms with Crippen LogP contribution in [0.3, 0.4) is 0 Å². The minimum absolute atomic E-state index is 0.0433. The van der Waals surface area contributed by atoms with Crippen LogP contribution in [-0.4, -0.2) is 28.5 Å². The second kappa shape index (κ2) is 6.06. The van der Waals surface area contributed by atoms with Crippen LogP contribution in [-0.2, 0) is 4.79 Å². The lowest BCUT2D eigenvalue weighted by Gasteiger charge is -1.98. The first kappa shape index (κ1) is 13.9. The summed E-state index contributed by atoms with van der Waals surface area (Å²) in [5, 5.41) is 12.5. The van der Waals surface area contributed by atoms with Gasteiger partial charge in [-0.3, -0.25) is 4.79 Å². The van der Waals surface area contributed by atoms with Crippen LogP contribution in [0.5, 0.6) is 0 Å². The summed E-state index contributed by atoms with van der Waals surface area (Å²) in [6, 6.07) is 5.61. The number of nitrogens with one attached hydrogen (secondary N) is 2. The van der Waals surface area contributed by atoms with Crippen molar-refractivity contribution in [3.8, 4) is 0 Å². The smallest absolute Gasteiger partial charge is 0.337 e. The molecule has 0 fully saturated rings. The van der Waals surface area contributed by atoms with Gasteiger partial charge in [0.1, 0.15) is 0 Å². The number of aromatic amines is 1. The average Bonchev–Trinajstić information content (AvgIpc) is 2.81. The van der Waals surface area contributed by atoms with Crippen molar-refractivity contribution in [2.75, 3.05) is 6.54 Å². The van der Waals surface area contributed by atoms with Crippen molar-refractivity contribution in [1.29, 1.82) is 0 Å². The zero-order valence-corrected chi connectivity index (χ0v) is 11.1. The molecular formula is C15H16N2O3. The van der Waals surface area contributed by atoms with Gasteiger partial charge in [-0.15, -0.1) is 0 Å². The summed E-state index contributed by atoms with van der Waals surface area (Å²) in [5.41, 5.74) is 2.01. The Bertz CT molecular complexity index is 671. The molecule has 0 aliphatic heterocycles. The Labute approximate surface area is 116 Å². The maximum absolute atomic E-state index is 11.1. The monoisotopic (exact) mass is 272 g/mol. The van der Waals surface area contributed by atoms with Gasteiger partial charge in [-0.1, -0.05) is 18.2 Å². The molecule has 1 amide bonds. The van der Waals surface area contributed by atoms with Gasteiger partial charge in [0, 0.05) is 30.6 Å². The Morgan fingerprint density at radius 2 is 2.20 bits per heavy atom. The molecule has 5 heteroatoms. The molecule has 2 aromatic rings. The van der Waals surface area contributed by atoms with E-state index in [0.717, 1.165) is 17.5 Å². The van der Waals surface area contributed by atoms with Gasteiger partial charge in [0.15, 0.2) is 0 Å². The highest BCUT2D eigenvalue weighted by Crippen LogP contribution is 2.20. The fourth-order valence-corrected chi connectivity index (χ4v) is 1.97. The number of rotatable bonds is 5. The minimum atomic E-state index is -0.942. The topological polar surface area (TPSA) is 82.2 Å². The number of carboxylic acid groups (broad SMARTS) is 1. The van der Waals surface area contributed by atoms with Crippen molar-refractivity contribution < 1.29 is 14.7 Å². The molecule has 0 spiro atoms. The van der Waals surface area contributed by atoms with Crippen LogP contribution in [0.4, 0.5) is 0 Å². The highest BCUT2D eigenvalue weighted by atomic mass is 16.4. The number of carboxylic acids is 1. The molecule has 0 aliphatic rings. The van der Waals surface area contributed by atoms with E-state index in [9.17, 15) is 9.59 Å². The normalized spacial score (nSPS) is 11.1. The maximum atomic E-state index is 11.1. The van der Waals surface area contributed by atoms with Crippen LogP contribution in [0.2, 0.25) is 0 Å². The van der Waals surface area contributed by atoms with E-state index in [1.54, 1.807) is 0 Å². The van der Waals surface area contributed by atoms with Gasteiger partial charge in [0.2, 0.25) is 5.91 Å². The van der Waals surface area contributed by atoms with E-state index >= 15 is 0 Å². The van der Waals surface area contributed by atoms with Crippen molar-refractivity contribution in [2.24, 2.45) is 0 Å². The van der Waals surface area contributed by atoms with Gasteiger partial charge in [0.05, 0.1) is 5.56 Å². The largest absolute Gasteiger partial charge is 0.478 e. The van der Waals surface area contributed by atoms with Gasteiger partial charge in [-0.25, -0.2) is 4.79 Å². The lowest BCUT2D eigenvalue weighted by atomic mass is 10.1. The second-order valence-electron chi connectivity index (χ2n) is 4.49. The number of amides is 1. The molecular weight excluding hydrogens is 256 g/mol. The van der Waals surface area contributed by atoms with Gasteiger partial charge in [-0.2, -0.15) is 0 Å². The van der Waals surface area contributed by atoms with Crippen molar-refractivity contribution in [1.82, 2.24) is 10.3 Å². The maximum Gasteiger partial charge on any atom is 0.337 e. The van der Waals surface area contributed by atoms with Crippen LogP contribution in [0.15, 0.2) is 30.5 Å². The van der Waals surface area contributed by atoms with Crippen LogP contribution < -0.4 is 5.32 Å². The van der Waals surface area contributed by atoms with E-state index in [1.807, 2.05) is 30.4 Å². The summed E-state index contributed by atoms with van der Waals surface area (Å²) in [6.07, 6.45) is 6.10. The van der Waals surface area contributed by atoms with Crippen molar-refractivity contribution in [3.63, 3.8) is 0 Å². The molecule has 5 nitrogen and oxygen atoms in total. The first-order chi connectivity index (χ1) is 9.58. The quantitative estimate of drug-likeness (QED) is 0.731. The third-order valence-electron chi connectivity index (χ3n) is 2.93. The number of benzene rings is 1. The molecule has 1 aromatic carbocycles. The summed E-state index contributed by atoms with van der Waals surface area (Å²) >= 11 is 0. The van der Waals surface area contributed by atoms with Crippen LogP contribution in [0.1, 0.15) is 29.3 Å². The number of carbonyl (C=O) groups is 2. The highest BCUT2D eigenvalue weighted by molar-refractivity contribution is 6.03. The van der Waals surface area contributed by atoms with E-state index < -0.39 is 5.97 Å². The van der Waals surface area contributed by atoms with E-state index in [4.69, 9.17) is 5.11 Å². The molecule has 0 aliphatic carbocycles. The first-order valence-corrected chi connectivity index (χ1v) is 6.33. The summed E-state index contributed by atoms with van der Waals surface area (Å²) in [6.45, 7) is 2.08. The van der Waals surface area contributed by atoms with Crippen molar-refractivity contribution in [2.45, 2.75) is 13.3 Å². The Balaban J connectivity index is 2.11. The Morgan fingerprint density at radius 1 is 1.40 bits per heavy atom. The zero-order valence-electron chi connectivity index (χ0n) is 11.1. The number of H-pyrrole nitrogens is 1. The van der Waals surface area contributed by atoms with Crippen LogP contribution in [0.25, 0.3) is 17.0 Å². The molecule has 104 valence electrons.